The third-order valence-electron chi connectivity index (χ3n) is 3.59. The number of rotatable bonds is 2. The second-order valence-electron chi connectivity index (χ2n) is 5.29. The smallest absolute Gasteiger partial charge is 0.261 e. The molecule has 1 saturated heterocycles. The van der Waals surface area contributed by atoms with Crippen molar-refractivity contribution in [1.82, 2.24) is 10.6 Å². The Bertz CT molecular complexity index is 647. The molecule has 1 amide bonds. The van der Waals surface area contributed by atoms with Gasteiger partial charge in [-0.3, -0.25) is 4.79 Å². The topological polar surface area (TPSA) is 41.1 Å². The van der Waals surface area contributed by atoms with Gasteiger partial charge in [-0.25, -0.2) is 0 Å². The summed E-state index contributed by atoms with van der Waals surface area (Å²) < 4.78 is 1.07. The Morgan fingerprint density at radius 3 is 3.05 bits per heavy atom. The maximum absolute atomic E-state index is 12.3. The molecule has 2 heterocycles. The monoisotopic (exact) mass is 308 g/mol. The van der Waals surface area contributed by atoms with E-state index in [4.69, 9.17) is 11.6 Å². The van der Waals surface area contributed by atoms with Gasteiger partial charge in [-0.1, -0.05) is 11.6 Å². The second kappa shape index (κ2) is 5.72. The van der Waals surface area contributed by atoms with E-state index in [1.54, 1.807) is 0 Å². The zero-order valence-corrected chi connectivity index (χ0v) is 12.9. The van der Waals surface area contributed by atoms with Gasteiger partial charge in [0, 0.05) is 27.7 Å². The molecule has 0 radical (unpaired) electrons. The van der Waals surface area contributed by atoms with E-state index in [-0.39, 0.29) is 11.9 Å². The highest BCUT2D eigenvalue weighted by Gasteiger charge is 2.18. The highest BCUT2D eigenvalue weighted by atomic mass is 35.5. The van der Waals surface area contributed by atoms with Crippen LogP contribution in [0.15, 0.2) is 18.2 Å². The van der Waals surface area contributed by atoms with Gasteiger partial charge < -0.3 is 10.6 Å². The molecule has 20 heavy (non-hydrogen) atoms. The van der Waals surface area contributed by atoms with E-state index in [2.05, 4.69) is 16.7 Å². The van der Waals surface area contributed by atoms with Crippen molar-refractivity contribution in [3.63, 3.8) is 0 Å². The summed E-state index contributed by atoms with van der Waals surface area (Å²) in [7, 11) is 0. The first kappa shape index (κ1) is 13.9. The van der Waals surface area contributed by atoms with E-state index in [1.807, 2.05) is 19.1 Å². The van der Waals surface area contributed by atoms with Gasteiger partial charge in [-0.05, 0) is 50.1 Å². The Balaban J connectivity index is 1.82. The van der Waals surface area contributed by atoms with Crippen molar-refractivity contribution >= 4 is 38.9 Å². The lowest BCUT2D eigenvalue weighted by atomic mass is 10.1. The molecule has 1 aromatic heterocycles. The van der Waals surface area contributed by atoms with Crippen molar-refractivity contribution in [3.05, 3.63) is 33.7 Å². The predicted octanol–water partition coefficient (Wildman–Crippen LogP) is 3.34. The fourth-order valence-corrected chi connectivity index (χ4v) is 4.04. The molecule has 3 rings (SSSR count). The molecule has 0 saturated carbocycles. The molecular weight excluding hydrogens is 292 g/mol. The third kappa shape index (κ3) is 2.82. The van der Waals surface area contributed by atoms with Crippen LogP contribution in [0.5, 0.6) is 0 Å². The molecule has 1 aromatic carbocycles. The fourth-order valence-electron chi connectivity index (χ4n) is 2.57. The van der Waals surface area contributed by atoms with Crippen LogP contribution >= 0.6 is 22.9 Å². The number of fused-ring (bicyclic) bond motifs is 1. The van der Waals surface area contributed by atoms with Crippen molar-refractivity contribution < 1.29 is 4.79 Å². The molecule has 0 bridgehead atoms. The lowest BCUT2D eigenvalue weighted by Crippen LogP contribution is -2.45. The Morgan fingerprint density at radius 2 is 2.30 bits per heavy atom. The molecule has 106 valence electrons. The standard InChI is InChI=1S/C15H17ClN2OS/c1-9-5-12(16)11-7-14(20-13(11)6-9)15(19)18-10-3-2-4-17-8-10/h5-7,10,17H,2-4,8H2,1H3,(H,18,19)/t10-/m1/s1. The van der Waals surface area contributed by atoms with Crippen molar-refractivity contribution in [2.45, 2.75) is 25.8 Å². The molecule has 3 nitrogen and oxygen atoms in total. The van der Waals surface area contributed by atoms with Crippen LogP contribution in [-0.4, -0.2) is 25.0 Å². The lowest BCUT2D eigenvalue weighted by molar-refractivity contribution is 0.0935. The van der Waals surface area contributed by atoms with Gasteiger partial charge in [-0.2, -0.15) is 0 Å². The number of carbonyl (C=O) groups is 1. The maximum atomic E-state index is 12.3. The first-order valence-corrected chi connectivity index (χ1v) is 8.04. The van der Waals surface area contributed by atoms with Crippen LogP contribution in [-0.2, 0) is 0 Å². The molecule has 1 aliphatic rings. The third-order valence-corrected chi connectivity index (χ3v) is 4.98. The maximum Gasteiger partial charge on any atom is 0.261 e. The van der Waals surface area contributed by atoms with Crippen LogP contribution in [0.4, 0.5) is 0 Å². The van der Waals surface area contributed by atoms with Gasteiger partial charge in [0.15, 0.2) is 0 Å². The van der Waals surface area contributed by atoms with E-state index in [9.17, 15) is 4.79 Å². The predicted molar refractivity (Wildman–Crippen MR) is 84.9 cm³/mol. The van der Waals surface area contributed by atoms with Crippen LogP contribution in [0.3, 0.4) is 0 Å². The van der Waals surface area contributed by atoms with E-state index >= 15 is 0 Å². The van der Waals surface area contributed by atoms with Crippen LogP contribution < -0.4 is 10.6 Å². The number of halogens is 1. The van der Waals surface area contributed by atoms with Crippen molar-refractivity contribution in [2.24, 2.45) is 0 Å². The number of aryl methyl sites for hydroxylation is 1. The van der Waals surface area contributed by atoms with Gasteiger partial charge >= 0.3 is 0 Å². The Labute approximate surface area is 127 Å². The fraction of sp³-hybridized carbons (Fsp3) is 0.400. The van der Waals surface area contributed by atoms with Crippen LogP contribution in [0, 0.1) is 6.92 Å². The van der Waals surface area contributed by atoms with Crippen LogP contribution in [0.1, 0.15) is 28.1 Å². The summed E-state index contributed by atoms with van der Waals surface area (Å²) in [5.41, 5.74) is 1.12. The average molecular weight is 309 g/mol. The summed E-state index contributed by atoms with van der Waals surface area (Å²) in [6, 6.07) is 6.14. The van der Waals surface area contributed by atoms with Gasteiger partial charge in [0.05, 0.1) is 4.88 Å². The van der Waals surface area contributed by atoms with E-state index < -0.39 is 0 Å². The SMILES string of the molecule is Cc1cc(Cl)c2cc(C(=O)N[C@@H]3CCCNC3)sc2c1. The minimum absolute atomic E-state index is 0.00798. The number of carbonyl (C=O) groups excluding carboxylic acids is 1. The first-order chi connectivity index (χ1) is 9.63. The number of piperidine rings is 1. The molecule has 1 atom stereocenters. The molecule has 2 aromatic rings. The Kier molecular flexibility index (Phi) is 3.96. The zero-order valence-electron chi connectivity index (χ0n) is 11.3. The average Bonchev–Trinajstić information content (AvgIpc) is 2.84. The van der Waals surface area contributed by atoms with E-state index in [0.29, 0.717) is 0 Å². The Hall–Kier alpha value is -1.10. The normalized spacial score (nSPS) is 19.2. The summed E-state index contributed by atoms with van der Waals surface area (Å²) >= 11 is 7.74. The molecule has 5 heteroatoms. The largest absolute Gasteiger partial charge is 0.347 e. The molecule has 0 spiro atoms. The van der Waals surface area contributed by atoms with Gasteiger partial charge in [0.2, 0.25) is 0 Å². The highest BCUT2D eigenvalue weighted by Crippen LogP contribution is 2.32. The number of hydrogen-bond acceptors (Lipinski definition) is 3. The van der Waals surface area contributed by atoms with Crippen molar-refractivity contribution in [2.75, 3.05) is 13.1 Å². The lowest BCUT2D eigenvalue weighted by Gasteiger charge is -2.23. The van der Waals surface area contributed by atoms with E-state index in [1.165, 1.54) is 11.3 Å². The van der Waals surface area contributed by atoms with Gasteiger partial charge in [0.25, 0.3) is 5.91 Å². The molecule has 1 fully saturated rings. The summed E-state index contributed by atoms with van der Waals surface area (Å²) in [4.78, 5) is 13.0. The number of thiophene rings is 1. The summed E-state index contributed by atoms with van der Waals surface area (Å²) in [6.07, 6.45) is 2.16. The van der Waals surface area contributed by atoms with E-state index in [0.717, 1.165) is 51.5 Å². The van der Waals surface area contributed by atoms with Crippen molar-refractivity contribution in [1.29, 1.82) is 0 Å². The van der Waals surface area contributed by atoms with Crippen molar-refractivity contribution in [3.8, 4) is 0 Å². The van der Waals surface area contributed by atoms with Gasteiger partial charge in [0.1, 0.15) is 0 Å². The zero-order chi connectivity index (χ0) is 14.1. The Morgan fingerprint density at radius 1 is 1.45 bits per heavy atom. The number of amides is 1. The minimum atomic E-state index is 0.00798. The second-order valence-corrected chi connectivity index (χ2v) is 6.78. The summed E-state index contributed by atoms with van der Waals surface area (Å²) in [6.45, 7) is 3.92. The molecule has 2 N–H and O–H groups in total. The minimum Gasteiger partial charge on any atom is -0.347 e. The number of hydrogen-bond donors (Lipinski definition) is 2. The van der Waals surface area contributed by atoms with Crippen LogP contribution in [0.25, 0.3) is 10.1 Å². The highest BCUT2D eigenvalue weighted by molar-refractivity contribution is 7.20. The molecular formula is C15H17ClN2OS. The quantitative estimate of drug-likeness (QED) is 0.893. The summed E-state index contributed by atoms with van der Waals surface area (Å²) in [5.74, 6) is 0.00798. The van der Waals surface area contributed by atoms with Gasteiger partial charge in [-0.15, -0.1) is 11.3 Å². The van der Waals surface area contributed by atoms with Crippen LogP contribution in [0.2, 0.25) is 5.02 Å². The summed E-state index contributed by atoms with van der Waals surface area (Å²) in [5, 5.41) is 8.08. The number of nitrogens with one attached hydrogen (secondary N) is 2. The number of benzene rings is 1. The first-order valence-electron chi connectivity index (χ1n) is 6.85. The molecule has 0 unspecified atom stereocenters. The molecule has 1 aliphatic heterocycles. The molecule has 0 aliphatic carbocycles.